The van der Waals surface area contributed by atoms with Crippen molar-refractivity contribution in [3.8, 4) is 5.88 Å². The molecule has 0 spiro atoms. The fourth-order valence-corrected chi connectivity index (χ4v) is 2.87. The van der Waals surface area contributed by atoms with Crippen LogP contribution in [0.1, 0.15) is 31.4 Å². The van der Waals surface area contributed by atoms with E-state index in [0.717, 1.165) is 18.5 Å². The zero-order chi connectivity index (χ0) is 15.5. The van der Waals surface area contributed by atoms with E-state index in [-0.39, 0.29) is 24.0 Å². The minimum atomic E-state index is -0.370. The molecule has 1 N–H and O–H groups in total. The number of carbonyl (C=O) groups is 2. The summed E-state index contributed by atoms with van der Waals surface area (Å²) in [5, 5.41) is 10.7. The molecule has 2 saturated heterocycles. The maximum atomic E-state index is 12.4. The Kier molecular flexibility index (Phi) is 4.22. The molecule has 0 radical (unpaired) electrons. The molecule has 0 unspecified atom stereocenters. The highest BCUT2D eigenvalue weighted by Crippen LogP contribution is 2.19. The molecule has 1 aromatic rings. The molecule has 22 heavy (non-hydrogen) atoms. The van der Waals surface area contributed by atoms with Gasteiger partial charge in [-0.15, -0.1) is 5.10 Å². The van der Waals surface area contributed by atoms with Gasteiger partial charge in [0.1, 0.15) is 12.1 Å². The van der Waals surface area contributed by atoms with Gasteiger partial charge < -0.3 is 15.0 Å². The Morgan fingerprint density at radius 1 is 1.36 bits per heavy atom. The van der Waals surface area contributed by atoms with E-state index in [2.05, 4.69) is 15.5 Å². The molecule has 7 nitrogen and oxygen atoms in total. The maximum absolute atomic E-state index is 12.4. The van der Waals surface area contributed by atoms with Crippen molar-refractivity contribution in [1.82, 2.24) is 20.4 Å². The van der Waals surface area contributed by atoms with Gasteiger partial charge >= 0.3 is 0 Å². The van der Waals surface area contributed by atoms with Gasteiger partial charge in [-0.2, -0.15) is 5.10 Å². The van der Waals surface area contributed by atoms with E-state index in [1.807, 2.05) is 13.0 Å². The molecule has 7 heteroatoms. The molecule has 0 aromatic carbocycles. The van der Waals surface area contributed by atoms with Gasteiger partial charge in [0.05, 0.1) is 12.2 Å². The molecule has 0 saturated carbocycles. The van der Waals surface area contributed by atoms with E-state index in [0.29, 0.717) is 31.8 Å². The first-order chi connectivity index (χ1) is 10.6. The SMILES string of the molecule is Cc1ccc(O[C@H]2CCCN(C(=O)[C@@H]3CCC(=O)N3)C2)nn1. The van der Waals surface area contributed by atoms with Crippen LogP contribution >= 0.6 is 0 Å². The molecule has 2 amide bonds. The predicted octanol–water partition coefficient (Wildman–Crippen LogP) is 0.433. The predicted molar refractivity (Wildman–Crippen MR) is 78.2 cm³/mol. The Labute approximate surface area is 129 Å². The molecule has 2 aliphatic heterocycles. The summed E-state index contributed by atoms with van der Waals surface area (Å²) < 4.78 is 5.82. The number of piperidine rings is 1. The van der Waals surface area contributed by atoms with Gasteiger partial charge in [-0.05, 0) is 32.3 Å². The van der Waals surface area contributed by atoms with Crippen LogP contribution in [0, 0.1) is 6.92 Å². The summed E-state index contributed by atoms with van der Waals surface area (Å²) in [5.41, 5.74) is 0.838. The smallest absolute Gasteiger partial charge is 0.245 e. The van der Waals surface area contributed by atoms with Crippen LogP contribution in [-0.4, -0.2) is 52.1 Å². The minimum absolute atomic E-state index is 0.00543. The van der Waals surface area contributed by atoms with E-state index >= 15 is 0 Å². The Balaban J connectivity index is 1.58. The van der Waals surface area contributed by atoms with Gasteiger partial charge in [-0.25, -0.2) is 0 Å². The lowest BCUT2D eigenvalue weighted by molar-refractivity contribution is -0.136. The molecule has 2 fully saturated rings. The van der Waals surface area contributed by atoms with Crippen molar-refractivity contribution < 1.29 is 14.3 Å². The first-order valence-electron chi connectivity index (χ1n) is 7.67. The normalized spacial score (nSPS) is 25.0. The number of amides is 2. The summed E-state index contributed by atoms with van der Waals surface area (Å²) in [6.07, 6.45) is 2.71. The van der Waals surface area contributed by atoms with E-state index in [1.165, 1.54) is 0 Å². The minimum Gasteiger partial charge on any atom is -0.471 e. The van der Waals surface area contributed by atoms with Gasteiger partial charge in [-0.3, -0.25) is 9.59 Å². The third-order valence-electron chi connectivity index (χ3n) is 4.04. The largest absolute Gasteiger partial charge is 0.471 e. The highest BCUT2D eigenvalue weighted by atomic mass is 16.5. The van der Waals surface area contributed by atoms with Crippen LogP contribution in [0.3, 0.4) is 0 Å². The van der Waals surface area contributed by atoms with Gasteiger partial charge in [0.15, 0.2) is 0 Å². The number of nitrogens with zero attached hydrogens (tertiary/aromatic N) is 3. The number of hydrogen-bond donors (Lipinski definition) is 1. The highest BCUT2D eigenvalue weighted by molar-refractivity contribution is 5.90. The zero-order valence-electron chi connectivity index (χ0n) is 12.6. The fraction of sp³-hybridized carbons (Fsp3) is 0.600. The van der Waals surface area contributed by atoms with Gasteiger partial charge in [0.2, 0.25) is 17.7 Å². The van der Waals surface area contributed by atoms with Crippen LogP contribution in [0.4, 0.5) is 0 Å². The second kappa shape index (κ2) is 6.29. The third kappa shape index (κ3) is 3.35. The Morgan fingerprint density at radius 2 is 2.23 bits per heavy atom. The summed E-state index contributed by atoms with van der Waals surface area (Å²) in [4.78, 5) is 25.5. The van der Waals surface area contributed by atoms with Gasteiger partial charge in [-0.1, -0.05) is 0 Å². The molecule has 3 heterocycles. The highest BCUT2D eigenvalue weighted by Gasteiger charge is 2.33. The number of hydrogen-bond acceptors (Lipinski definition) is 5. The molecular weight excluding hydrogens is 284 g/mol. The van der Waals surface area contributed by atoms with Crippen LogP contribution in [-0.2, 0) is 9.59 Å². The number of nitrogens with one attached hydrogen (secondary N) is 1. The second-order valence-corrected chi connectivity index (χ2v) is 5.84. The number of carbonyl (C=O) groups excluding carboxylic acids is 2. The van der Waals surface area contributed by atoms with E-state index in [9.17, 15) is 9.59 Å². The first-order valence-corrected chi connectivity index (χ1v) is 7.67. The molecule has 0 aliphatic carbocycles. The average Bonchev–Trinajstić information content (AvgIpc) is 2.96. The topological polar surface area (TPSA) is 84.4 Å². The van der Waals surface area contributed by atoms with Gasteiger partial charge in [0, 0.05) is 19.0 Å². The first kappa shape index (κ1) is 14.7. The molecular formula is C15H20N4O3. The van der Waals surface area contributed by atoms with Crippen LogP contribution in [0.2, 0.25) is 0 Å². The van der Waals surface area contributed by atoms with E-state index < -0.39 is 0 Å². The van der Waals surface area contributed by atoms with Crippen molar-refractivity contribution in [3.05, 3.63) is 17.8 Å². The van der Waals surface area contributed by atoms with Crippen LogP contribution < -0.4 is 10.1 Å². The van der Waals surface area contributed by atoms with Crippen LogP contribution in [0.25, 0.3) is 0 Å². The lowest BCUT2D eigenvalue weighted by atomic mass is 10.1. The molecule has 1 aromatic heterocycles. The molecule has 118 valence electrons. The second-order valence-electron chi connectivity index (χ2n) is 5.84. The summed E-state index contributed by atoms with van der Waals surface area (Å²) >= 11 is 0. The van der Waals surface area contributed by atoms with Crippen molar-refractivity contribution in [1.29, 1.82) is 0 Å². The summed E-state index contributed by atoms with van der Waals surface area (Å²) in [6.45, 7) is 3.11. The Hall–Kier alpha value is -2.18. The Bertz CT molecular complexity index is 560. The van der Waals surface area contributed by atoms with Crippen molar-refractivity contribution in [2.45, 2.75) is 44.8 Å². The molecule has 2 atom stereocenters. The number of rotatable bonds is 3. The summed E-state index contributed by atoms with van der Waals surface area (Å²) in [6, 6.07) is 3.27. The number of likely N-dealkylation sites (tertiary alicyclic amines) is 1. The van der Waals surface area contributed by atoms with Crippen LogP contribution in [0.5, 0.6) is 5.88 Å². The monoisotopic (exact) mass is 304 g/mol. The average molecular weight is 304 g/mol. The standard InChI is InChI=1S/C15H20N4O3/c1-10-4-7-14(18-17-10)22-11-3-2-8-19(9-11)15(21)12-5-6-13(20)16-12/h4,7,11-12H,2-3,5-6,8-9H2,1H3,(H,16,20)/t11-,12-/m0/s1. The van der Waals surface area contributed by atoms with Crippen molar-refractivity contribution in [2.24, 2.45) is 0 Å². The zero-order valence-corrected chi connectivity index (χ0v) is 12.6. The van der Waals surface area contributed by atoms with Crippen molar-refractivity contribution >= 4 is 11.8 Å². The quantitative estimate of drug-likeness (QED) is 0.875. The Morgan fingerprint density at radius 3 is 2.91 bits per heavy atom. The fourth-order valence-electron chi connectivity index (χ4n) is 2.87. The number of ether oxygens (including phenoxy) is 1. The van der Waals surface area contributed by atoms with Crippen molar-refractivity contribution in [2.75, 3.05) is 13.1 Å². The summed E-state index contributed by atoms with van der Waals surface area (Å²) in [7, 11) is 0. The maximum Gasteiger partial charge on any atom is 0.245 e. The molecule has 3 rings (SSSR count). The lowest BCUT2D eigenvalue weighted by Crippen LogP contribution is -2.50. The third-order valence-corrected chi connectivity index (χ3v) is 4.04. The molecule has 2 aliphatic rings. The van der Waals surface area contributed by atoms with Gasteiger partial charge in [0.25, 0.3) is 0 Å². The lowest BCUT2D eigenvalue weighted by Gasteiger charge is -2.33. The van der Waals surface area contributed by atoms with Crippen molar-refractivity contribution in [3.63, 3.8) is 0 Å². The number of aryl methyl sites for hydroxylation is 1. The van der Waals surface area contributed by atoms with Crippen LogP contribution in [0.15, 0.2) is 12.1 Å². The summed E-state index contributed by atoms with van der Waals surface area (Å²) in [5.74, 6) is 0.436. The molecule has 0 bridgehead atoms. The van der Waals surface area contributed by atoms with E-state index in [1.54, 1.807) is 11.0 Å². The van der Waals surface area contributed by atoms with E-state index in [4.69, 9.17) is 4.74 Å². The number of aromatic nitrogens is 2.